The molecule has 36 heavy (non-hydrogen) atoms. The number of halogens is 3. The molecule has 5 atom stereocenters. The van der Waals surface area contributed by atoms with Crippen molar-refractivity contribution in [3.8, 4) is 0 Å². The first-order valence-corrected chi connectivity index (χ1v) is 12.3. The molecular formula is C26H29F3N4O3. The minimum atomic E-state index is -4.54. The molecule has 1 aromatic heterocycles. The molecule has 1 saturated heterocycles. The monoisotopic (exact) mass is 502 g/mol. The van der Waals surface area contributed by atoms with Crippen molar-refractivity contribution >= 4 is 11.8 Å². The summed E-state index contributed by atoms with van der Waals surface area (Å²) < 4.78 is 38.6. The number of amides is 2. The van der Waals surface area contributed by atoms with Crippen LogP contribution in [0.2, 0.25) is 0 Å². The van der Waals surface area contributed by atoms with E-state index in [1.807, 2.05) is 12.1 Å². The first-order valence-electron chi connectivity index (χ1n) is 12.3. The molecule has 2 heterocycles. The largest absolute Gasteiger partial charge is 0.416 e. The Morgan fingerprint density at radius 1 is 1.17 bits per heavy atom. The van der Waals surface area contributed by atoms with Gasteiger partial charge in [-0.2, -0.15) is 13.2 Å². The number of hydrogen-bond acceptors (Lipinski definition) is 5. The molecule has 0 radical (unpaired) electrons. The lowest BCUT2D eigenvalue weighted by Gasteiger charge is -2.39. The fourth-order valence-electron chi connectivity index (χ4n) is 6.30. The van der Waals surface area contributed by atoms with Gasteiger partial charge >= 0.3 is 6.18 Å². The number of pyridine rings is 1. The van der Waals surface area contributed by atoms with Crippen LogP contribution in [0.4, 0.5) is 13.2 Å². The van der Waals surface area contributed by atoms with Crippen LogP contribution >= 0.6 is 0 Å². The minimum Gasteiger partial charge on any atom is -0.385 e. The maximum absolute atomic E-state index is 12.9. The summed E-state index contributed by atoms with van der Waals surface area (Å²) in [6, 6.07) is 8.21. The summed E-state index contributed by atoms with van der Waals surface area (Å²) in [6.45, 7) is 1.25. The van der Waals surface area contributed by atoms with Crippen LogP contribution in [0.3, 0.4) is 0 Å². The maximum atomic E-state index is 12.9. The Hall–Kier alpha value is -2.98. The van der Waals surface area contributed by atoms with E-state index in [-0.39, 0.29) is 30.0 Å². The van der Waals surface area contributed by atoms with E-state index in [1.165, 1.54) is 12.1 Å². The molecule has 3 fully saturated rings. The molecule has 5 rings (SSSR count). The number of aromatic nitrogens is 1. The van der Waals surface area contributed by atoms with Gasteiger partial charge in [0.25, 0.3) is 5.91 Å². The van der Waals surface area contributed by atoms with Gasteiger partial charge in [-0.25, -0.2) is 0 Å². The highest BCUT2D eigenvalue weighted by Gasteiger charge is 2.56. The highest BCUT2D eigenvalue weighted by molar-refractivity contribution is 5.96. The standard InChI is InChI=1S/C26H29F3N4O3/c27-26(28,29)19-3-1-2-16(10-19)24(35)31-14-23(34)32-21-6-9-33(15-21)22-12-20-11-17(22)13-25(20,36)18-4-7-30-8-5-18/h1-5,7-8,10,17,20-22,36H,6,9,11-15H2,(H,31,35)(H,32,34)/t17?,20?,21-,22?,25?/m1/s1. The molecule has 0 spiro atoms. The number of hydrogen-bond donors (Lipinski definition) is 3. The van der Waals surface area contributed by atoms with Gasteiger partial charge in [-0.3, -0.25) is 19.5 Å². The lowest BCUT2D eigenvalue weighted by Crippen LogP contribution is -2.46. The third-order valence-corrected chi connectivity index (χ3v) is 8.00. The second-order valence-electron chi connectivity index (χ2n) is 10.2. The first-order chi connectivity index (χ1) is 17.1. The lowest BCUT2D eigenvalue weighted by atomic mass is 9.77. The van der Waals surface area contributed by atoms with Crippen molar-refractivity contribution in [2.45, 2.75) is 49.5 Å². The van der Waals surface area contributed by atoms with Crippen molar-refractivity contribution in [3.63, 3.8) is 0 Å². The second-order valence-corrected chi connectivity index (χ2v) is 10.2. The van der Waals surface area contributed by atoms with Gasteiger partial charge in [-0.15, -0.1) is 0 Å². The van der Waals surface area contributed by atoms with E-state index in [0.29, 0.717) is 18.5 Å². The van der Waals surface area contributed by atoms with E-state index in [1.54, 1.807) is 12.4 Å². The number of likely N-dealkylation sites (tertiary alicyclic amines) is 1. The third kappa shape index (κ3) is 4.84. The molecule has 2 aromatic rings. The number of nitrogens with zero attached hydrogens (tertiary/aromatic N) is 2. The molecule has 1 aromatic carbocycles. The second kappa shape index (κ2) is 9.48. The molecule has 1 aliphatic heterocycles. The van der Waals surface area contributed by atoms with Crippen LogP contribution in [0.25, 0.3) is 0 Å². The molecule has 2 saturated carbocycles. The average molecular weight is 503 g/mol. The summed E-state index contributed by atoms with van der Waals surface area (Å²) in [7, 11) is 0. The minimum absolute atomic E-state index is 0.0545. The average Bonchev–Trinajstić information content (AvgIpc) is 3.57. The zero-order valence-electron chi connectivity index (χ0n) is 19.7. The molecule has 2 amide bonds. The Bertz CT molecular complexity index is 1130. The fraction of sp³-hybridized carbons (Fsp3) is 0.500. The van der Waals surface area contributed by atoms with Crippen molar-refractivity contribution in [1.82, 2.24) is 20.5 Å². The van der Waals surface area contributed by atoms with Gasteiger partial charge in [0.15, 0.2) is 0 Å². The van der Waals surface area contributed by atoms with E-state index in [0.717, 1.165) is 49.9 Å². The number of benzene rings is 1. The molecule has 3 aliphatic rings. The quantitative estimate of drug-likeness (QED) is 0.565. The number of aliphatic hydroxyl groups is 1. The molecule has 192 valence electrons. The molecule has 2 aliphatic carbocycles. The molecule has 4 unspecified atom stereocenters. The Kier molecular flexibility index (Phi) is 6.50. The fourth-order valence-corrected chi connectivity index (χ4v) is 6.30. The van der Waals surface area contributed by atoms with Crippen molar-refractivity contribution in [2.75, 3.05) is 19.6 Å². The number of rotatable bonds is 6. The number of alkyl halides is 3. The molecule has 10 heteroatoms. The molecule has 3 N–H and O–H groups in total. The van der Waals surface area contributed by atoms with Crippen LogP contribution in [0.15, 0.2) is 48.8 Å². The normalized spacial score (nSPS) is 29.9. The van der Waals surface area contributed by atoms with Crippen LogP contribution in [-0.2, 0) is 16.6 Å². The van der Waals surface area contributed by atoms with Crippen LogP contribution in [-0.4, -0.2) is 58.5 Å². The highest BCUT2D eigenvalue weighted by Crippen LogP contribution is 2.57. The predicted octanol–water partition coefficient (Wildman–Crippen LogP) is 2.71. The van der Waals surface area contributed by atoms with Gasteiger partial charge in [-0.1, -0.05) is 6.07 Å². The summed E-state index contributed by atoms with van der Waals surface area (Å²) in [5.41, 5.74) is -0.921. The van der Waals surface area contributed by atoms with Gasteiger partial charge in [0.05, 0.1) is 17.7 Å². The van der Waals surface area contributed by atoms with Crippen LogP contribution in [0.1, 0.15) is 47.2 Å². The summed E-state index contributed by atoms with van der Waals surface area (Å²) in [6.07, 6.45) is 2.30. The van der Waals surface area contributed by atoms with E-state index >= 15 is 0 Å². The number of nitrogens with one attached hydrogen (secondary N) is 2. The number of carbonyl (C=O) groups is 2. The van der Waals surface area contributed by atoms with Crippen LogP contribution < -0.4 is 10.6 Å². The maximum Gasteiger partial charge on any atom is 0.416 e. The van der Waals surface area contributed by atoms with E-state index in [4.69, 9.17) is 0 Å². The lowest BCUT2D eigenvalue weighted by molar-refractivity contribution is -0.137. The van der Waals surface area contributed by atoms with Crippen molar-refractivity contribution in [1.29, 1.82) is 0 Å². The summed E-state index contributed by atoms with van der Waals surface area (Å²) in [4.78, 5) is 31.1. The molecule has 7 nitrogen and oxygen atoms in total. The summed E-state index contributed by atoms with van der Waals surface area (Å²) in [5.74, 6) is -0.501. The first kappa shape index (κ1) is 24.7. The number of fused-ring (bicyclic) bond motifs is 2. The molecular weight excluding hydrogens is 473 g/mol. The highest BCUT2D eigenvalue weighted by atomic mass is 19.4. The van der Waals surface area contributed by atoms with E-state index in [2.05, 4.69) is 20.5 Å². The Morgan fingerprint density at radius 3 is 2.64 bits per heavy atom. The Morgan fingerprint density at radius 2 is 1.94 bits per heavy atom. The number of carbonyl (C=O) groups excluding carboxylic acids is 2. The van der Waals surface area contributed by atoms with Gasteiger partial charge in [0, 0.05) is 43.1 Å². The predicted molar refractivity (Wildman–Crippen MR) is 125 cm³/mol. The smallest absolute Gasteiger partial charge is 0.385 e. The van der Waals surface area contributed by atoms with E-state index < -0.39 is 23.2 Å². The van der Waals surface area contributed by atoms with E-state index in [9.17, 15) is 27.9 Å². The SMILES string of the molecule is O=C(CNC(=O)c1cccc(C(F)(F)F)c1)N[C@@H]1CCN(C2CC3CC2CC3(O)c2ccncc2)C1. The zero-order chi connectivity index (χ0) is 25.5. The van der Waals surface area contributed by atoms with Gasteiger partial charge in [0.1, 0.15) is 0 Å². The molecule has 2 bridgehead atoms. The van der Waals surface area contributed by atoms with Crippen LogP contribution in [0, 0.1) is 11.8 Å². The van der Waals surface area contributed by atoms with Crippen molar-refractivity contribution in [2.24, 2.45) is 11.8 Å². The van der Waals surface area contributed by atoms with Gasteiger partial charge in [-0.05, 0) is 73.4 Å². The Balaban J connectivity index is 1.09. The van der Waals surface area contributed by atoms with Crippen LogP contribution in [0.5, 0.6) is 0 Å². The zero-order valence-corrected chi connectivity index (χ0v) is 19.7. The summed E-state index contributed by atoms with van der Waals surface area (Å²) >= 11 is 0. The third-order valence-electron chi connectivity index (χ3n) is 8.00. The van der Waals surface area contributed by atoms with Gasteiger partial charge < -0.3 is 15.7 Å². The van der Waals surface area contributed by atoms with Crippen molar-refractivity contribution < 1.29 is 27.9 Å². The Labute approximate surface area is 207 Å². The summed E-state index contributed by atoms with van der Waals surface area (Å²) in [5, 5.41) is 16.7. The topological polar surface area (TPSA) is 94.6 Å². The van der Waals surface area contributed by atoms with Crippen molar-refractivity contribution in [3.05, 3.63) is 65.5 Å². The van der Waals surface area contributed by atoms with Gasteiger partial charge in [0.2, 0.25) is 5.91 Å².